The van der Waals surface area contributed by atoms with Crippen LogP contribution in [0, 0.1) is 0 Å². The molecule has 8 nitrogen and oxygen atoms in total. The number of fused-ring (bicyclic) bond motifs is 1. The fourth-order valence-electron chi connectivity index (χ4n) is 5.14. The number of urea groups is 1. The van der Waals surface area contributed by atoms with Crippen molar-refractivity contribution in [3.63, 3.8) is 0 Å². The molecular weight excluding hydrogens is 514 g/mol. The van der Waals surface area contributed by atoms with Gasteiger partial charge in [0.25, 0.3) is 0 Å². The van der Waals surface area contributed by atoms with Crippen molar-refractivity contribution in [2.45, 2.75) is 45.7 Å². The monoisotopic (exact) mass is 551 g/mol. The van der Waals surface area contributed by atoms with Crippen LogP contribution in [0.3, 0.4) is 0 Å². The first-order valence-electron chi connectivity index (χ1n) is 13.9. The van der Waals surface area contributed by atoms with Crippen molar-refractivity contribution in [3.8, 4) is 16.9 Å². The molecule has 41 heavy (non-hydrogen) atoms. The van der Waals surface area contributed by atoms with Crippen LogP contribution in [0.1, 0.15) is 39.0 Å². The van der Waals surface area contributed by atoms with Gasteiger partial charge in [-0.3, -0.25) is 14.7 Å². The first-order chi connectivity index (χ1) is 19.6. The first kappa shape index (κ1) is 28.1. The van der Waals surface area contributed by atoms with Crippen molar-refractivity contribution >= 4 is 34.1 Å². The van der Waals surface area contributed by atoms with Crippen LogP contribution in [0.5, 0.6) is 5.75 Å². The number of piperazine rings is 1. The number of anilines is 2. The molecule has 212 valence electrons. The molecule has 3 N–H and O–H groups in total. The molecule has 1 saturated heterocycles. The second-order valence-electron chi connectivity index (χ2n) is 11.4. The molecule has 1 aliphatic rings. The van der Waals surface area contributed by atoms with Crippen molar-refractivity contribution in [2.75, 3.05) is 30.8 Å². The van der Waals surface area contributed by atoms with Gasteiger partial charge in [0.05, 0.1) is 30.2 Å². The first-order valence-corrected chi connectivity index (χ1v) is 13.9. The van der Waals surface area contributed by atoms with Crippen molar-refractivity contribution in [1.82, 2.24) is 15.2 Å². The number of methoxy groups -OCH3 is 1. The topological polar surface area (TPSA) is 95.6 Å². The van der Waals surface area contributed by atoms with Gasteiger partial charge in [0.1, 0.15) is 5.75 Å². The Labute approximate surface area is 241 Å². The lowest BCUT2D eigenvalue weighted by Crippen LogP contribution is -2.53. The number of hydrogen-bond donors (Lipinski definition) is 3. The number of rotatable bonds is 6. The van der Waals surface area contributed by atoms with Crippen LogP contribution in [0.25, 0.3) is 21.9 Å². The van der Waals surface area contributed by atoms with E-state index in [1.54, 1.807) is 7.11 Å². The summed E-state index contributed by atoms with van der Waals surface area (Å²) in [6.45, 7) is 10.4. The molecule has 8 heteroatoms. The number of hydrogen-bond acceptors (Lipinski definition) is 5. The zero-order chi connectivity index (χ0) is 29.1. The predicted octanol–water partition coefficient (Wildman–Crippen LogP) is 6.17. The lowest BCUT2D eigenvalue weighted by atomic mass is 9.87. The molecule has 4 aromatic rings. The quantitative estimate of drug-likeness (QED) is 0.266. The summed E-state index contributed by atoms with van der Waals surface area (Å²) in [7, 11) is 1.59. The van der Waals surface area contributed by atoms with Gasteiger partial charge < -0.3 is 20.7 Å². The molecule has 0 saturated carbocycles. The van der Waals surface area contributed by atoms with E-state index in [1.807, 2.05) is 73.8 Å². The fourth-order valence-corrected chi connectivity index (χ4v) is 5.14. The second-order valence-corrected chi connectivity index (χ2v) is 11.4. The molecule has 1 aliphatic heterocycles. The minimum Gasteiger partial charge on any atom is -0.495 e. The summed E-state index contributed by atoms with van der Waals surface area (Å²) in [6.07, 6.45) is 1.88. The van der Waals surface area contributed by atoms with Crippen LogP contribution in [0.4, 0.5) is 16.2 Å². The highest BCUT2D eigenvalue weighted by Crippen LogP contribution is 2.34. The van der Waals surface area contributed by atoms with E-state index in [0.29, 0.717) is 30.2 Å². The van der Waals surface area contributed by atoms with Crippen LogP contribution in [-0.2, 0) is 16.8 Å². The Morgan fingerprint density at radius 1 is 1.02 bits per heavy atom. The van der Waals surface area contributed by atoms with Gasteiger partial charge in [-0.1, -0.05) is 63.2 Å². The van der Waals surface area contributed by atoms with Crippen LogP contribution < -0.4 is 20.7 Å². The summed E-state index contributed by atoms with van der Waals surface area (Å²) in [4.78, 5) is 32.0. The summed E-state index contributed by atoms with van der Waals surface area (Å²) >= 11 is 0. The summed E-state index contributed by atoms with van der Waals surface area (Å²) in [5.74, 6) is 0.654. The van der Waals surface area contributed by atoms with E-state index in [2.05, 4.69) is 47.7 Å². The summed E-state index contributed by atoms with van der Waals surface area (Å²) in [5.41, 5.74) is 5.27. The van der Waals surface area contributed by atoms with Crippen molar-refractivity contribution in [3.05, 3.63) is 84.2 Å². The summed E-state index contributed by atoms with van der Waals surface area (Å²) in [6, 6.07) is 21.3. The molecule has 5 rings (SSSR count). The van der Waals surface area contributed by atoms with Gasteiger partial charge in [0, 0.05) is 36.8 Å². The number of carbonyl (C=O) groups is 2. The van der Waals surface area contributed by atoms with Crippen LogP contribution >= 0.6 is 0 Å². The minimum atomic E-state index is -0.348. The Hall–Kier alpha value is -4.43. The Morgan fingerprint density at radius 2 is 1.78 bits per heavy atom. The zero-order valence-corrected chi connectivity index (χ0v) is 24.2. The fraction of sp³-hybridized carbons (Fsp3) is 0.303. The number of pyridine rings is 1. The summed E-state index contributed by atoms with van der Waals surface area (Å²) < 4.78 is 5.49. The van der Waals surface area contributed by atoms with E-state index in [0.717, 1.165) is 39.7 Å². The Balaban J connectivity index is 1.36. The van der Waals surface area contributed by atoms with Crippen LogP contribution in [0.2, 0.25) is 0 Å². The minimum absolute atomic E-state index is 0.0549. The molecule has 3 amide bonds. The predicted molar refractivity (Wildman–Crippen MR) is 164 cm³/mol. The van der Waals surface area contributed by atoms with Gasteiger partial charge in [0.15, 0.2) is 0 Å². The van der Waals surface area contributed by atoms with Gasteiger partial charge in [0.2, 0.25) is 5.91 Å². The van der Waals surface area contributed by atoms with E-state index in [-0.39, 0.29) is 23.4 Å². The standard InChI is InChI=1S/C33H37N5O3/c1-21-31(39)34-16-17-38(21)20-24-12-10-22(19-35-24)25-13-14-28(27-9-7-6-8-26(25)27)36-32(40)37-29-18-23(33(2,3)4)11-15-30(29)41-5/h6-15,18-19,21H,16-17,20H2,1-5H3,(H,34,39)(H2,36,37,40). The number of amides is 3. The molecule has 3 aromatic carbocycles. The lowest BCUT2D eigenvalue weighted by molar-refractivity contribution is -0.128. The third kappa shape index (κ3) is 6.18. The SMILES string of the molecule is COc1ccc(C(C)(C)C)cc1NC(=O)Nc1ccc(-c2ccc(CN3CCNC(=O)C3C)nc2)c2ccccc12. The van der Waals surface area contributed by atoms with Crippen molar-refractivity contribution in [1.29, 1.82) is 0 Å². The van der Waals surface area contributed by atoms with Gasteiger partial charge in [-0.2, -0.15) is 0 Å². The smallest absolute Gasteiger partial charge is 0.323 e. The zero-order valence-electron chi connectivity index (χ0n) is 24.2. The highest BCUT2D eigenvalue weighted by atomic mass is 16.5. The van der Waals surface area contributed by atoms with E-state index in [9.17, 15) is 9.59 Å². The average Bonchev–Trinajstić information content (AvgIpc) is 2.95. The van der Waals surface area contributed by atoms with E-state index in [1.165, 1.54) is 0 Å². The maximum absolute atomic E-state index is 13.1. The number of nitrogens with zero attached hydrogens (tertiary/aromatic N) is 2. The molecule has 0 radical (unpaired) electrons. The molecule has 0 spiro atoms. The number of carbonyl (C=O) groups excluding carboxylic acids is 2. The van der Waals surface area contributed by atoms with E-state index in [4.69, 9.17) is 9.72 Å². The average molecular weight is 552 g/mol. The van der Waals surface area contributed by atoms with Crippen LogP contribution in [0.15, 0.2) is 72.9 Å². The molecule has 0 aliphatic carbocycles. The van der Waals surface area contributed by atoms with E-state index >= 15 is 0 Å². The highest BCUT2D eigenvalue weighted by Gasteiger charge is 2.25. The number of nitrogens with one attached hydrogen (secondary N) is 3. The second kappa shape index (κ2) is 11.6. The maximum Gasteiger partial charge on any atom is 0.323 e. The number of ether oxygens (including phenoxy) is 1. The van der Waals surface area contributed by atoms with Gasteiger partial charge in [-0.25, -0.2) is 4.79 Å². The van der Waals surface area contributed by atoms with Gasteiger partial charge >= 0.3 is 6.03 Å². The Bertz CT molecular complexity index is 1580. The molecule has 0 bridgehead atoms. The summed E-state index contributed by atoms with van der Waals surface area (Å²) in [5, 5.41) is 10.8. The number of benzene rings is 3. The lowest BCUT2D eigenvalue weighted by Gasteiger charge is -2.32. The molecule has 1 unspecified atom stereocenters. The van der Waals surface area contributed by atoms with Crippen LogP contribution in [-0.4, -0.2) is 48.1 Å². The number of aromatic nitrogens is 1. The Morgan fingerprint density at radius 3 is 2.49 bits per heavy atom. The molecular formula is C33H37N5O3. The van der Waals surface area contributed by atoms with Gasteiger partial charge in [-0.05, 0) is 53.1 Å². The molecule has 2 heterocycles. The van der Waals surface area contributed by atoms with E-state index < -0.39 is 0 Å². The maximum atomic E-state index is 13.1. The van der Waals surface area contributed by atoms with Crippen molar-refractivity contribution in [2.24, 2.45) is 0 Å². The van der Waals surface area contributed by atoms with Gasteiger partial charge in [-0.15, -0.1) is 0 Å². The normalized spacial score (nSPS) is 15.8. The molecule has 1 fully saturated rings. The third-order valence-corrected chi connectivity index (χ3v) is 7.61. The molecule has 1 aromatic heterocycles. The Kier molecular flexibility index (Phi) is 7.94. The largest absolute Gasteiger partial charge is 0.495 e. The van der Waals surface area contributed by atoms with Crippen molar-refractivity contribution < 1.29 is 14.3 Å². The molecule has 1 atom stereocenters. The highest BCUT2D eigenvalue weighted by molar-refractivity contribution is 6.10. The third-order valence-electron chi connectivity index (χ3n) is 7.61.